The van der Waals surface area contributed by atoms with Crippen LogP contribution in [0.1, 0.15) is 30.4 Å². The Hall–Kier alpha value is -3.72. The Morgan fingerprint density at radius 3 is 1.92 bits per heavy atom. The minimum atomic E-state index is -1.93. The summed E-state index contributed by atoms with van der Waals surface area (Å²) in [5, 5.41) is 6.51. The van der Waals surface area contributed by atoms with Crippen LogP contribution in [0.25, 0.3) is 17.2 Å². The maximum atomic E-state index is 13.5. The van der Waals surface area contributed by atoms with Crippen molar-refractivity contribution in [2.45, 2.75) is 45.6 Å². The number of hydrogen-bond donors (Lipinski definition) is 2. The van der Waals surface area contributed by atoms with E-state index in [9.17, 15) is 9.59 Å². The topological polar surface area (TPSA) is 89.6 Å². The van der Waals surface area contributed by atoms with E-state index in [2.05, 4.69) is 10.6 Å². The summed E-state index contributed by atoms with van der Waals surface area (Å²) in [6.07, 6.45) is 3.00. The van der Waals surface area contributed by atoms with Crippen molar-refractivity contribution in [2.75, 3.05) is 50.2 Å². The molecule has 2 fully saturated rings. The molecule has 2 heterocycles. The molecule has 4 aromatic carbocycles. The summed E-state index contributed by atoms with van der Waals surface area (Å²) in [5.74, 6) is 0.430. The molecule has 0 aliphatic carbocycles. The Morgan fingerprint density at radius 1 is 0.710 bits per heavy atom. The van der Waals surface area contributed by atoms with Crippen molar-refractivity contribution in [2.24, 2.45) is 0 Å². The van der Waals surface area contributed by atoms with Crippen LogP contribution in [0.3, 0.4) is 0 Å². The number of benzene rings is 4. The van der Waals surface area contributed by atoms with E-state index in [4.69, 9.17) is 104 Å². The summed E-state index contributed by atoms with van der Waals surface area (Å²) in [4.78, 5) is 33.9. The van der Waals surface area contributed by atoms with Crippen molar-refractivity contribution in [1.29, 1.82) is 0 Å². The zero-order valence-electron chi connectivity index (χ0n) is 33.7. The molecule has 2 atom stereocenters. The number of nitrogens with one attached hydrogen (secondary N) is 2. The van der Waals surface area contributed by atoms with Gasteiger partial charge in [0.05, 0.1) is 25.6 Å². The SMILES string of the molecule is COc1ccccc1N1CCCN(C(NC(=O)/C=C/c2cccc(-c3cccc(N4CCCN(C(NC(=O)CCc5ccccc5)C(Cl)(Cl)Cl)C4=S)c3OC)c2)C(Cl)(Cl)Cl)C1=S. The van der Waals surface area contributed by atoms with Crippen LogP contribution in [0.15, 0.2) is 103 Å². The summed E-state index contributed by atoms with van der Waals surface area (Å²) in [5.41, 5.74) is 4.78. The van der Waals surface area contributed by atoms with E-state index in [1.54, 1.807) is 30.1 Å². The first kappa shape index (κ1) is 47.8. The van der Waals surface area contributed by atoms with Crippen LogP contribution in [-0.4, -0.2) is 92.2 Å². The van der Waals surface area contributed by atoms with Crippen LogP contribution in [-0.2, 0) is 16.0 Å². The number of anilines is 2. The van der Waals surface area contributed by atoms with Gasteiger partial charge in [0, 0.05) is 44.2 Å². The van der Waals surface area contributed by atoms with Gasteiger partial charge in [-0.05, 0) is 90.7 Å². The van der Waals surface area contributed by atoms with E-state index < -0.39 is 25.8 Å². The predicted molar refractivity (Wildman–Crippen MR) is 262 cm³/mol. The zero-order valence-corrected chi connectivity index (χ0v) is 39.9. The highest BCUT2D eigenvalue weighted by atomic mass is 35.6. The van der Waals surface area contributed by atoms with Crippen LogP contribution in [0.2, 0.25) is 0 Å². The fourth-order valence-electron chi connectivity index (χ4n) is 7.41. The highest BCUT2D eigenvalue weighted by molar-refractivity contribution is 7.80. The van der Waals surface area contributed by atoms with E-state index in [0.29, 0.717) is 72.9 Å². The van der Waals surface area contributed by atoms with Crippen molar-refractivity contribution < 1.29 is 19.1 Å². The number of halogens is 6. The van der Waals surface area contributed by atoms with Gasteiger partial charge in [-0.3, -0.25) is 9.59 Å². The fourth-order valence-corrected chi connectivity index (χ4v) is 9.22. The second kappa shape index (κ2) is 21.3. The Kier molecular flexibility index (Phi) is 16.4. The second-order valence-corrected chi connectivity index (χ2v) is 19.9. The number of methoxy groups -OCH3 is 2. The van der Waals surface area contributed by atoms with Gasteiger partial charge >= 0.3 is 0 Å². The zero-order chi connectivity index (χ0) is 44.6. The van der Waals surface area contributed by atoms with Gasteiger partial charge in [-0.1, -0.05) is 142 Å². The molecule has 0 spiro atoms. The van der Waals surface area contributed by atoms with E-state index in [1.165, 1.54) is 6.08 Å². The van der Waals surface area contributed by atoms with Gasteiger partial charge in [-0.15, -0.1) is 0 Å². The van der Waals surface area contributed by atoms with Gasteiger partial charge in [0.25, 0.3) is 0 Å². The molecule has 328 valence electrons. The van der Waals surface area contributed by atoms with Crippen LogP contribution in [0, 0.1) is 0 Å². The van der Waals surface area contributed by atoms with Crippen molar-refractivity contribution in [3.63, 3.8) is 0 Å². The largest absolute Gasteiger partial charge is 0.495 e. The summed E-state index contributed by atoms with van der Waals surface area (Å²) < 4.78 is 7.80. The molecule has 2 aliphatic rings. The first-order chi connectivity index (χ1) is 29.6. The number of carbonyl (C=O) groups excluding carboxylic acids is 2. The molecule has 62 heavy (non-hydrogen) atoms. The first-order valence-corrected chi connectivity index (χ1v) is 22.7. The third kappa shape index (κ3) is 11.7. The minimum Gasteiger partial charge on any atom is -0.495 e. The Labute approximate surface area is 402 Å². The molecule has 2 aliphatic heterocycles. The van der Waals surface area contributed by atoms with Gasteiger partial charge in [0.1, 0.15) is 11.5 Å². The smallest absolute Gasteiger partial charge is 0.245 e. The number of carbonyl (C=O) groups is 2. The van der Waals surface area contributed by atoms with Crippen LogP contribution >= 0.6 is 94.0 Å². The quantitative estimate of drug-likeness (QED) is 0.0724. The van der Waals surface area contributed by atoms with E-state index in [-0.39, 0.29) is 12.3 Å². The van der Waals surface area contributed by atoms with E-state index in [1.807, 2.05) is 107 Å². The first-order valence-electron chi connectivity index (χ1n) is 19.6. The molecular formula is C44H44Cl6N6O4S2. The molecule has 18 heteroatoms. The number of nitrogens with zero attached hydrogens (tertiary/aromatic N) is 4. The molecule has 2 unspecified atom stereocenters. The number of alkyl halides is 6. The molecular weight excluding hydrogens is 953 g/mol. The third-order valence-electron chi connectivity index (χ3n) is 10.3. The average molecular weight is 998 g/mol. The summed E-state index contributed by atoms with van der Waals surface area (Å²) >= 11 is 50.9. The Morgan fingerprint density at radius 2 is 1.29 bits per heavy atom. The van der Waals surface area contributed by atoms with Crippen molar-refractivity contribution in [1.82, 2.24) is 20.4 Å². The highest BCUT2D eigenvalue weighted by Crippen LogP contribution is 2.42. The number of para-hydroxylation sites is 3. The molecule has 0 bridgehead atoms. The normalized spacial score (nSPS) is 16.0. The molecule has 2 saturated heterocycles. The molecule has 10 nitrogen and oxygen atoms in total. The lowest BCUT2D eigenvalue weighted by Crippen LogP contribution is -2.62. The van der Waals surface area contributed by atoms with Crippen LogP contribution in [0.4, 0.5) is 11.4 Å². The van der Waals surface area contributed by atoms with Crippen molar-refractivity contribution >= 4 is 134 Å². The number of hydrogen-bond acceptors (Lipinski definition) is 6. The minimum absolute atomic E-state index is 0.202. The highest BCUT2D eigenvalue weighted by Gasteiger charge is 2.44. The number of amides is 2. The molecule has 0 radical (unpaired) electrons. The van der Waals surface area contributed by atoms with Gasteiger partial charge in [0.15, 0.2) is 22.6 Å². The lowest BCUT2D eigenvalue weighted by Gasteiger charge is -2.45. The molecule has 2 amide bonds. The molecule has 2 N–H and O–H groups in total. The Bertz CT molecular complexity index is 2280. The van der Waals surface area contributed by atoms with E-state index >= 15 is 0 Å². The van der Waals surface area contributed by atoms with Gasteiger partial charge in [-0.25, -0.2) is 0 Å². The number of ether oxygens (including phenoxy) is 2. The van der Waals surface area contributed by atoms with Gasteiger partial charge in [0.2, 0.25) is 19.4 Å². The Balaban J connectivity index is 1.18. The summed E-state index contributed by atoms with van der Waals surface area (Å²) in [6.45, 7) is 2.08. The fraction of sp³-hybridized carbons (Fsp3) is 0.318. The number of rotatable bonds is 14. The lowest BCUT2D eigenvalue weighted by molar-refractivity contribution is -0.122. The number of aryl methyl sites for hydroxylation is 1. The molecule has 6 rings (SSSR count). The third-order valence-corrected chi connectivity index (χ3v) is 12.5. The monoisotopic (exact) mass is 994 g/mol. The van der Waals surface area contributed by atoms with Crippen molar-refractivity contribution in [3.05, 3.63) is 114 Å². The summed E-state index contributed by atoms with van der Waals surface area (Å²) in [6, 6.07) is 30.5. The number of thiocarbonyl (C=S) groups is 2. The van der Waals surface area contributed by atoms with Crippen molar-refractivity contribution in [3.8, 4) is 22.6 Å². The maximum absolute atomic E-state index is 13.5. The molecule has 0 aromatic heterocycles. The van der Waals surface area contributed by atoms with Crippen LogP contribution in [0.5, 0.6) is 11.5 Å². The predicted octanol–water partition coefficient (Wildman–Crippen LogP) is 9.94. The van der Waals surface area contributed by atoms with Crippen LogP contribution < -0.4 is 29.9 Å². The summed E-state index contributed by atoms with van der Waals surface area (Å²) in [7, 11) is 3.18. The molecule has 0 saturated carbocycles. The standard InChI is InChI=1S/C44H44Cl6N6O4S2/c1-59-35-19-7-6-17-33(35)53-24-10-26-55(41(53)61)39(43(45,46)47)52-37(58)23-21-30-14-8-15-31(28-30)32-16-9-18-34(38(32)60-2)54-25-11-27-56(42(54)62)40(44(48,49)50)51-36(57)22-20-29-12-4-3-5-13-29/h3-9,12-19,21,23,28,39-40H,10-11,20,22,24-27H2,1-2H3,(H,51,57)(H,52,58)/b23-21+. The van der Waals surface area contributed by atoms with Gasteiger partial charge < -0.3 is 39.7 Å². The molecule has 4 aromatic rings. The van der Waals surface area contributed by atoms with Gasteiger partial charge in [-0.2, -0.15) is 0 Å². The van der Waals surface area contributed by atoms with E-state index in [0.717, 1.165) is 27.9 Å². The second-order valence-electron chi connectivity index (χ2n) is 14.4. The average Bonchev–Trinajstić information content (AvgIpc) is 3.26. The lowest BCUT2D eigenvalue weighted by atomic mass is 10.0. The maximum Gasteiger partial charge on any atom is 0.245 e.